The van der Waals surface area contributed by atoms with Gasteiger partial charge in [0.15, 0.2) is 0 Å². The topological polar surface area (TPSA) is 61.0 Å². The van der Waals surface area contributed by atoms with E-state index in [1.807, 2.05) is 29.2 Å². The molecule has 0 unspecified atom stereocenters. The highest BCUT2D eigenvalue weighted by molar-refractivity contribution is 6.30. The molecular formula is C21H19ClN4O. The molecule has 6 heteroatoms. The summed E-state index contributed by atoms with van der Waals surface area (Å²) in [5.41, 5.74) is 6.66. The first-order valence-electron chi connectivity index (χ1n) is 9.18. The van der Waals surface area contributed by atoms with Gasteiger partial charge in [-0.3, -0.25) is 9.89 Å². The van der Waals surface area contributed by atoms with Crippen molar-refractivity contribution >= 4 is 23.2 Å². The van der Waals surface area contributed by atoms with Gasteiger partial charge in [-0.1, -0.05) is 29.8 Å². The molecule has 1 aromatic heterocycles. The molecule has 2 N–H and O–H groups in total. The van der Waals surface area contributed by atoms with E-state index in [0.717, 1.165) is 42.9 Å². The van der Waals surface area contributed by atoms with E-state index in [4.69, 9.17) is 11.6 Å². The van der Waals surface area contributed by atoms with Crippen molar-refractivity contribution < 1.29 is 4.79 Å². The quantitative estimate of drug-likeness (QED) is 0.716. The minimum Gasteiger partial charge on any atom is -0.312 e. The molecule has 0 fully saturated rings. The molecule has 5 rings (SSSR count). The van der Waals surface area contributed by atoms with Crippen LogP contribution in [-0.2, 0) is 19.4 Å². The predicted molar refractivity (Wildman–Crippen MR) is 106 cm³/mol. The first-order valence-corrected chi connectivity index (χ1v) is 9.56. The van der Waals surface area contributed by atoms with Crippen LogP contribution in [-0.4, -0.2) is 29.2 Å². The molecule has 0 atom stereocenters. The zero-order valence-electron chi connectivity index (χ0n) is 14.8. The van der Waals surface area contributed by atoms with Crippen LogP contribution in [0.1, 0.15) is 27.2 Å². The van der Waals surface area contributed by atoms with Crippen LogP contribution >= 0.6 is 11.6 Å². The molecule has 3 aromatic rings. The number of H-pyrrole nitrogens is 1. The summed E-state index contributed by atoms with van der Waals surface area (Å²) in [7, 11) is 0. The second-order valence-electron chi connectivity index (χ2n) is 7.02. The van der Waals surface area contributed by atoms with Crippen LogP contribution in [0.5, 0.6) is 0 Å². The summed E-state index contributed by atoms with van der Waals surface area (Å²) in [6.07, 6.45) is 1.79. The number of anilines is 1. The van der Waals surface area contributed by atoms with Crippen molar-refractivity contribution in [2.45, 2.75) is 19.4 Å². The third-order valence-electron chi connectivity index (χ3n) is 5.37. The van der Waals surface area contributed by atoms with Crippen molar-refractivity contribution in [3.8, 4) is 11.3 Å². The van der Waals surface area contributed by atoms with Crippen molar-refractivity contribution in [1.29, 1.82) is 0 Å². The number of rotatable bonds is 2. The molecule has 0 saturated carbocycles. The van der Waals surface area contributed by atoms with Crippen molar-refractivity contribution in [3.63, 3.8) is 0 Å². The minimum atomic E-state index is -0.0105. The summed E-state index contributed by atoms with van der Waals surface area (Å²) >= 11 is 6.13. The van der Waals surface area contributed by atoms with Crippen LogP contribution in [0.2, 0.25) is 5.02 Å². The fraction of sp³-hybridized carbons (Fsp3) is 0.238. The van der Waals surface area contributed by atoms with Gasteiger partial charge in [0.1, 0.15) is 5.69 Å². The van der Waals surface area contributed by atoms with Crippen LogP contribution in [0, 0.1) is 0 Å². The number of nitrogens with one attached hydrogen (secondary N) is 2. The third-order valence-corrected chi connectivity index (χ3v) is 5.61. The van der Waals surface area contributed by atoms with E-state index < -0.39 is 0 Å². The monoisotopic (exact) mass is 378 g/mol. The van der Waals surface area contributed by atoms with Crippen molar-refractivity contribution in [3.05, 3.63) is 69.9 Å². The molecule has 2 aliphatic rings. The van der Waals surface area contributed by atoms with Gasteiger partial charge < -0.3 is 10.2 Å². The zero-order chi connectivity index (χ0) is 18.4. The summed E-state index contributed by atoms with van der Waals surface area (Å²) in [4.78, 5) is 15.2. The number of hydrogen-bond acceptors (Lipinski definition) is 3. The summed E-state index contributed by atoms with van der Waals surface area (Å²) in [6, 6.07) is 13.8. The Kier molecular flexibility index (Phi) is 3.99. The Bertz CT molecular complexity index is 1040. The van der Waals surface area contributed by atoms with Gasteiger partial charge in [-0.2, -0.15) is 5.10 Å². The van der Waals surface area contributed by atoms with E-state index in [9.17, 15) is 4.79 Å². The summed E-state index contributed by atoms with van der Waals surface area (Å²) in [5.74, 6) is -0.0105. The molecule has 0 bridgehead atoms. The number of amides is 1. The van der Waals surface area contributed by atoms with Gasteiger partial charge in [0.05, 0.1) is 11.3 Å². The summed E-state index contributed by atoms with van der Waals surface area (Å²) in [6.45, 7) is 2.52. The van der Waals surface area contributed by atoms with E-state index in [2.05, 4.69) is 33.7 Å². The minimum absolute atomic E-state index is 0.0105. The molecule has 0 aliphatic carbocycles. The molecule has 136 valence electrons. The molecule has 3 heterocycles. The smallest absolute Gasteiger partial charge is 0.262 e. The van der Waals surface area contributed by atoms with Crippen LogP contribution < -0.4 is 10.2 Å². The van der Waals surface area contributed by atoms with E-state index in [1.165, 1.54) is 11.1 Å². The largest absolute Gasteiger partial charge is 0.312 e. The fourth-order valence-electron chi connectivity index (χ4n) is 3.98. The molecule has 1 amide bonds. The van der Waals surface area contributed by atoms with Gasteiger partial charge in [-0.15, -0.1) is 0 Å². The number of carbonyl (C=O) groups excluding carboxylic acids is 1. The van der Waals surface area contributed by atoms with Crippen LogP contribution in [0.15, 0.2) is 42.5 Å². The maximum Gasteiger partial charge on any atom is 0.262 e. The lowest BCUT2D eigenvalue weighted by Gasteiger charge is -2.28. The SMILES string of the molecule is O=C1c2c(-c3cccc(Cl)c3)n[nH]c2CCN1c1ccc2c(c1)CNCC2. The maximum absolute atomic E-state index is 13.3. The standard InChI is InChI=1S/C21H19ClN4O/c22-16-3-1-2-14(10-16)20-19-18(24-25-20)7-9-26(21(19)27)17-5-4-13-6-8-23-12-15(13)11-17/h1-5,10-11,23H,6-9,12H2,(H,24,25). The third kappa shape index (κ3) is 2.83. The second-order valence-corrected chi connectivity index (χ2v) is 7.46. The Labute approximate surface area is 162 Å². The average Bonchev–Trinajstić information content (AvgIpc) is 3.13. The molecular weight excluding hydrogens is 360 g/mol. The highest BCUT2D eigenvalue weighted by Gasteiger charge is 2.31. The Balaban J connectivity index is 1.54. The van der Waals surface area contributed by atoms with Gasteiger partial charge in [-0.25, -0.2) is 0 Å². The average molecular weight is 379 g/mol. The van der Waals surface area contributed by atoms with Crippen LogP contribution in [0.4, 0.5) is 5.69 Å². The highest BCUT2D eigenvalue weighted by atomic mass is 35.5. The van der Waals surface area contributed by atoms with E-state index >= 15 is 0 Å². The normalized spacial score (nSPS) is 16.2. The lowest BCUT2D eigenvalue weighted by molar-refractivity contribution is 0.0981. The van der Waals surface area contributed by atoms with E-state index in [1.54, 1.807) is 0 Å². The maximum atomic E-state index is 13.3. The molecule has 27 heavy (non-hydrogen) atoms. The van der Waals surface area contributed by atoms with Crippen molar-refractivity contribution in [2.75, 3.05) is 18.0 Å². The van der Waals surface area contributed by atoms with Crippen LogP contribution in [0.25, 0.3) is 11.3 Å². The van der Waals surface area contributed by atoms with Gasteiger partial charge in [0.25, 0.3) is 5.91 Å². The summed E-state index contributed by atoms with van der Waals surface area (Å²) in [5, 5.41) is 11.5. The molecule has 0 radical (unpaired) electrons. The Hall–Kier alpha value is -2.63. The number of hydrogen-bond donors (Lipinski definition) is 2. The first-order chi connectivity index (χ1) is 13.2. The number of aromatic amines is 1. The van der Waals surface area contributed by atoms with Gasteiger partial charge in [0, 0.05) is 35.8 Å². The molecule has 0 spiro atoms. The number of nitrogens with zero attached hydrogens (tertiary/aromatic N) is 2. The Morgan fingerprint density at radius 1 is 1.07 bits per heavy atom. The van der Waals surface area contributed by atoms with Crippen molar-refractivity contribution in [1.82, 2.24) is 15.5 Å². The lowest BCUT2D eigenvalue weighted by atomic mass is 9.97. The Morgan fingerprint density at radius 2 is 2.00 bits per heavy atom. The molecule has 2 aromatic carbocycles. The summed E-state index contributed by atoms with van der Waals surface area (Å²) < 4.78 is 0. The van der Waals surface area contributed by atoms with Crippen LogP contribution in [0.3, 0.4) is 0 Å². The number of benzene rings is 2. The fourth-order valence-corrected chi connectivity index (χ4v) is 4.17. The molecule has 2 aliphatic heterocycles. The first kappa shape index (κ1) is 16.5. The Morgan fingerprint density at radius 3 is 2.89 bits per heavy atom. The van der Waals surface area contributed by atoms with Gasteiger partial charge in [-0.05, 0) is 48.4 Å². The van der Waals surface area contributed by atoms with Gasteiger partial charge in [0.2, 0.25) is 0 Å². The predicted octanol–water partition coefficient (Wildman–Crippen LogP) is 3.58. The number of carbonyl (C=O) groups is 1. The molecule has 0 saturated heterocycles. The van der Waals surface area contributed by atoms with E-state index in [-0.39, 0.29) is 5.91 Å². The zero-order valence-corrected chi connectivity index (χ0v) is 15.5. The van der Waals surface area contributed by atoms with E-state index in [0.29, 0.717) is 22.8 Å². The molecule has 5 nitrogen and oxygen atoms in total. The lowest BCUT2D eigenvalue weighted by Crippen LogP contribution is -2.38. The highest BCUT2D eigenvalue weighted by Crippen LogP contribution is 2.32. The van der Waals surface area contributed by atoms with Crippen molar-refractivity contribution in [2.24, 2.45) is 0 Å². The number of aromatic nitrogens is 2. The second kappa shape index (κ2) is 6.51. The van der Waals surface area contributed by atoms with Gasteiger partial charge >= 0.3 is 0 Å². The number of fused-ring (bicyclic) bond motifs is 2. The number of halogens is 1.